The molecule has 0 aromatic heterocycles. The molecular weight excluding hydrogens is 128 g/mol. The molecule has 2 rings (SSSR count). The summed E-state index contributed by atoms with van der Waals surface area (Å²) in [5.74, 6) is -0.256. The SMILES string of the molecule is CC1(C)O[C@@]2(C)CC[C@@H]1O2. The van der Waals surface area contributed by atoms with Crippen molar-refractivity contribution in [2.24, 2.45) is 0 Å². The van der Waals surface area contributed by atoms with Gasteiger partial charge in [-0.2, -0.15) is 0 Å². The Balaban J connectivity index is 2.25. The number of ether oxygens (including phenoxy) is 2. The molecule has 2 heteroatoms. The highest BCUT2D eigenvalue weighted by atomic mass is 16.8. The van der Waals surface area contributed by atoms with E-state index in [1.807, 2.05) is 6.92 Å². The van der Waals surface area contributed by atoms with Gasteiger partial charge >= 0.3 is 0 Å². The maximum atomic E-state index is 5.71. The van der Waals surface area contributed by atoms with Gasteiger partial charge in [0.1, 0.15) is 0 Å². The molecule has 0 aromatic carbocycles. The van der Waals surface area contributed by atoms with Gasteiger partial charge in [0.15, 0.2) is 5.79 Å². The van der Waals surface area contributed by atoms with E-state index in [-0.39, 0.29) is 11.4 Å². The van der Waals surface area contributed by atoms with Gasteiger partial charge in [0.2, 0.25) is 0 Å². The first-order chi connectivity index (χ1) is 4.52. The van der Waals surface area contributed by atoms with Crippen molar-refractivity contribution in [3.05, 3.63) is 0 Å². The molecule has 2 atom stereocenters. The van der Waals surface area contributed by atoms with E-state index in [0.717, 1.165) is 12.8 Å². The van der Waals surface area contributed by atoms with Crippen LogP contribution in [0.3, 0.4) is 0 Å². The van der Waals surface area contributed by atoms with Crippen LogP contribution in [0, 0.1) is 0 Å². The van der Waals surface area contributed by atoms with Gasteiger partial charge in [-0.3, -0.25) is 0 Å². The Hall–Kier alpha value is -0.0800. The zero-order valence-corrected chi connectivity index (χ0v) is 6.81. The van der Waals surface area contributed by atoms with E-state index in [0.29, 0.717) is 6.10 Å². The molecule has 0 saturated carbocycles. The quantitative estimate of drug-likeness (QED) is 0.512. The Kier molecular flexibility index (Phi) is 1.03. The van der Waals surface area contributed by atoms with Gasteiger partial charge in [-0.05, 0) is 27.2 Å². The molecule has 2 saturated heterocycles. The van der Waals surface area contributed by atoms with Crippen LogP contribution in [0.5, 0.6) is 0 Å². The third-order valence-corrected chi connectivity index (χ3v) is 2.51. The third-order valence-electron chi connectivity index (χ3n) is 2.51. The van der Waals surface area contributed by atoms with Crippen molar-refractivity contribution in [3.63, 3.8) is 0 Å². The van der Waals surface area contributed by atoms with E-state index in [1.165, 1.54) is 0 Å². The first-order valence-electron chi connectivity index (χ1n) is 3.90. The van der Waals surface area contributed by atoms with Gasteiger partial charge in [0.05, 0.1) is 11.7 Å². The Labute approximate surface area is 61.5 Å². The van der Waals surface area contributed by atoms with E-state index in [1.54, 1.807) is 0 Å². The molecule has 0 aliphatic carbocycles. The Morgan fingerprint density at radius 1 is 1.30 bits per heavy atom. The number of fused-ring (bicyclic) bond motifs is 2. The summed E-state index contributed by atoms with van der Waals surface area (Å²) >= 11 is 0. The zero-order valence-electron chi connectivity index (χ0n) is 6.81. The van der Waals surface area contributed by atoms with E-state index < -0.39 is 0 Å². The highest BCUT2D eigenvalue weighted by Gasteiger charge is 2.54. The summed E-state index contributed by atoms with van der Waals surface area (Å²) in [7, 11) is 0. The van der Waals surface area contributed by atoms with Crippen LogP contribution in [0.2, 0.25) is 0 Å². The van der Waals surface area contributed by atoms with Crippen molar-refractivity contribution >= 4 is 0 Å². The van der Waals surface area contributed by atoms with Gasteiger partial charge in [-0.25, -0.2) is 0 Å². The molecule has 0 N–H and O–H groups in total. The van der Waals surface area contributed by atoms with E-state index in [4.69, 9.17) is 9.47 Å². The van der Waals surface area contributed by atoms with Gasteiger partial charge in [-0.1, -0.05) is 0 Å². The monoisotopic (exact) mass is 142 g/mol. The average Bonchev–Trinajstić information content (AvgIpc) is 2.16. The lowest BCUT2D eigenvalue weighted by atomic mass is 9.95. The summed E-state index contributed by atoms with van der Waals surface area (Å²) in [5, 5.41) is 0. The Bertz CT molecular complexity index is 162. The van der Waals surface area contributed by atoms with Crippen LogP contribution in [0.15, 0.2) is 0 Å². The molecule has 0 aromatic rings. The molecular formula is C8H14O2. The predicted octanol–water partition coefficient (Wildman–Crippen LogP) is 1.69. The lowest BCUT2D eigenvalue weighted by Crippen LogP contribution is -2.37. The fourth-order valence-electron chi connectivity index (χ4n) is 2.00. The van der Waals surface area contributed by atoms with E-state index >= 15 is 0 Å². The van der Waals surface area contributed by atoms with Crippen LogP contribution in [0.1, 0.15) is 33.6 Å². The molecule has 0 amide bonds. The van der Waals surface area contributed by atoms with Gasteiger partial charge in [0, 0.05) is 6.42 Å². The second-order valence-corrected chi connectivity index (χ2v) is 3.98. The first-order valence-corrected chi connectivity index (χ1v) is 3.90. The maximum absolute atomic E-state index is 5.71. The first kappa shape index (κ1) is 6.62. The van der Waals surface area contributed by atoms with Crippen LogP contribution >= 0.6 is 0 Å². The molecule has 2 bridgehead atoms. The Morgan fingerprint density at radius 2 is 2.00 bits per heavy atom. The van der Waals surface area contributed by atoms with Crippen LogP contribution < -0.4 is 0 Å². The minimum Gasteiger partial charge on any atom is -0.344 e. The summed E-state index contributed by atoms with van der Waals surface area (Å²) in [5.41, 5.74) is -0.0486. The minimum absolute atomic E-state index is 0.0486. The summed E-state index contributed by atoms with van der Waals surface area (Å²) in [4.78, 5) is 0. The molecule has 2 heterocycles. The van der Waals surface area contributed by atoms with Crippen molar-refractivity contribution in [2.75, 3.05) is 0 Å². The fourth-order valence-corrected chi connectivity index (χ4v) is 2.00. The molecule has 2 aliphatic rings. The lowest BCUT2D eigenvalue weighted by Gasteiger charge is -2.29. The molecule has 0 unspecified atom stereocenters. The molecule has 2 fully saturated rings. The summed E-state index contributed by atoms with van der Waals surface area (Å²) in [6.45, 7) is 6.23. The molecule has 2 aliphatic heterocycles. The molecule has 10 heavy (non-hydrogen) atoms. The van der Waals surface area contributed by atoms with Crippen LogP contribution in [-0.4, -0.2) is 17.5 Å². The minimum atomic E-state index is -0.256. The number of rotatable bonds is 0. The van der Waals surface area contributed by atoms with Crippen molar-refractivity contribution in [1.29, 1.82) is 0 Å². The van der Waals surface area contributed by atoms with Crippen molar-refractivity contribution in [2.45, 2.75) is 51.1 Å². The number of hydrogen-bond acceptors (Lipinski definition) is 2. The molecule has 58 valence electrons. The summed E-state index contributed by atoms with van der Waals surface area (Å²) < 4.78 is 11.4. The normalized spacial score (nSPS) is 50.1. The second kappa shape index (κ2) is 1.56. The number of hydrogen-bond donors (Lipinski definition) is 0. The summed E-state index contributed by atoms with van der Waals surface area (Å²) in [6, 6.07) is 0. The van der Waals surface area contributed by atoms with Crippen molar-refractivity contribution in [1.82, 2.24) is 0 Å². The second-order valence-electron chi connectivity index (χ2n) is 3.98. The summed E-state index contributed by atoms with van der Waals surface area (Å²) in [6.07, 6.45) is 2.54. The predicted molar refractivity (Wildman–Crippen MR) is 37.7 cm³/mol. The van der Waals surface area contributed by atoms with Gasteiger partial charge < -0.3 is 9.47 Å². The molecule has 0 radical (unpaired) electrons. The highest BCUT2D eigenvalue weighted by molar-refractivity contribution is 4.96. The van der Waals surface area contributed by atoms with Crippen LogP contribution in [-0.2, 0) is 9.47 Å². The van der Waals surface area contributed by atoms with Crippen molar-refractivity contribution in [3.8, 4) is 0 Å². The molecule has 0 spiro atoms. The van der Waals surface area contributed by atoms with E-state index in [9.17, 15) is 0 Å². The third kappa shape index (κ3) is 0.722. The fraction of sp³-hybridized carbons (Fsp3) is 1.00. The van der Waals surface area contributed by atoms with Gasteiger partial charge in [-0.15, -0.1) is 0 Å². The largest absolute Gasteiger partial charge is 0.344 e. The lowest BCUT2D eigenvalue weighted by molar-refractivity contribution is -0.162. The van der Waals surface area contributed by atoms with Crippen LogP contribution in [0.25, 0.3) is 0 Å². The molecule has 2 nitrogen and oxygen atoms in total. The van der Waals surface area contributed by atoms with E-state index in [2.05, 4.69) is 13.8 Å². The average molecular weight is 142 g/mol. The van der Waals surface area contributed by atoms with Crippen LogP contribution in [0.4, 0.5) is 0 Å². The highest BCUT2D eigenvalue weighted by Crippen LogP contribution is 2.47. The standard InChI is InChI=1S/C8H14O2/c1-7(2)6-4-5-8(3,9-6)10-7/h6H,4-5H2,1-3H3/t6-,8-/m0/s1. The Morgan fingerprint density at radius 3 is 2.20 bits per heavy atom. The topological polar surface area (TPSA) is 18.5 Å². The zero-order chi connectivity index (χ0) is 7.41. The van der Waals surface area contributed by atoms with Gasteiger partial charge in [0.25, 0.3) is 0 Å². The smallest absolute Gasteiger partial charge is 0.166 e. The maximum Gasteiger partial charge on any atom is 0.166 e. The van der Waals surface area contributed by atoms with Crippen molar-refractivity contribution < 1.29 is 9.47 Å².